The summed E-state index contributed by atoms with van der Waals surface area (Å²) < 4.78 is 5.46. The number of carbonyl (C=O) groups excluding carboxylic acids is 1. The van der Waals surface area contributed by atoms with Crippen molar-refractivity contribution < 1.29 is 9.53 Å². The highest BCUT2D eigenvalue weighted by Gasteiger charge is 2.38. The van der Waals surface area contributed by atoms with Crippen molar-refractivity contribution in [1.82, 2.24) is 4.90 Å². The summed E-state index contributed by atoms with van der Waals surface area (Å²) >= 11 is 0. The third-order valence-corrected chi connectivity index (χ3v) is 6.80. The molecule has 0 N–H and O–H groups in total. The standard InChI is InChI=1S/C26H28N2O2/c1-18(29)26-17-27(24-9-5-7-20-10-12-21(30-2)16-23(20)24)14-15-28(26)25-13-11-19-6-3-4-8-22(19)25/h3-10,12,16,25-26H,11,13-15,17H2,1-2H3. The van der Waals surface area contributed by atoms with Crippen LogP contribution in [0.25, 0.3) is 10.8 Å². The third-order valence-electron chi connectivity index (χ3n) is 6.80. The normalized spacial score (nSPS) is 21.6. The molecular weight excluding hydrogens is 372 g/mol. The first kappa shape index (κ1) is 19.1. The lowest BCUT2D eigenvalue weighted by atomic mass is 9.99. The number of nitrogens with zero attached hydrogens (tertiary/aromatic N) is 2. The minimum absolute atomic E-state index is 0.0872. The Morgan fingerprint density at radius 1 is 1.03 bits per heavy atom. The second kappa shape index (κ2) is 7.77. The van der Waals surface area contributed by atoms with E-state index in [2.05, 4.69) is 64.4 Å². The van der Waals surface area contributed by atoms with Crippen LogP contribution in [-0.2, 0) is 11.2 Å². The maximum atomic E-state index is 12.7. The number of hydrogen-bond donors (Lipinski definition) is 0. The van der Waals surface area contributed by atoms with Crippen LogP contribution in [0.4, 0.5) is 5.69 Å². The van der Waals surface area contributed by atoms with Gasteiger partial charge in [-0.15, -0.1) is 0 Å². The Bertz CT molecular complexity index is 1090. The molecule has 0 bridgehead atoms. The lowest BCUT2D eigenvalue weighted by molar-refractivity contribution is -0.123. The molecule has 0 saturated carbocycles. The molecule has 4 heteroatoms. The molecule has 0 aromatic heterocycles. The Morgan fingerprint density at radius 2 is 1.90 bits per heavy atom. The van der Waals surface area contributed by atoms with E-state index in [1.807, 2.05) is 6.07 Å². The number of ketones is 1. The molecule has 3 aromatic carbocycles. The second-order valence-corrected chi connectivity index (χ2v) is 8.43. The van der Waals surface area contributed by atoms with E-state index in [1.54, 1.807) is 14.0 Å². The molecule has 1 saturated heterocycles. The monoisotopic (exact) mass is 400 g/mol. The van der Waals surface area contributed by atoms with E-state index >= 15 is 0 Å². The smallest absolute Gasteiger partial charge is 0.148 e. The van der Waals surface area contributed by atoms with Gasteiger partial charge in [0.1, 0.15) is 11.5 Å². The molecule has 2 atom stereocenters. The van der Waals surface area contributed by atoms with Gasteiger partial charge in [0.05, 0.1) is 13.2 Å². The molecule has 0 amide bonds. The zero-order valence-corrected chi connectivity index (χ0v) is 17.7. The molecule has 2 unspecified atom stereocenters. The Hall–Kier alpha value is -2.85. The lowest BCUT2D eigenvalue weighted by Gasteiger charge is -2.44. The Morgan fingerprint density at radius 3 is 2.73 bits per heavy atom. The molecule has 1 heterocycles. The second-order valence-electron chi connectivity index (χ2n) is 8.43. The van der Waals surface area contributed by atoms with E-state index in [9.17, 15) is 4.79 Å². The van der Waals surface area contributed by atoms with Gasteiger partial charge in [-0.25, -0.2) is 0 Å². The van der Waals surface area contributed by atoms with Crippen LogP contribution in [0.1, 0.15) is 30.5 Å². The predicted octanol–water partition coefficient (Wildman–Crippen LogP) is 4.62. The molecule has 5 rings (SSSR count). The van der Waals surface area contributed by atoms with Gasteiger partial charge in [0.15, 0.2) is 0 Å². The molecular formula is C26H28N2O2. The van der Waals surface area contributed by atoms with Gasteiger partial charge in [-0.1, -0.05) is 42.5 Å². The molecule has 1 aliphatic carbocycles. The first-order valence-electron chi connectivity index (χ1n) is 10.8. The van der Waals surface area contributed by atoms with Crippen molar-refractivity contribution in [2.24, 2.45) is 0 Å². The molecule has 30 heavy (non-hydrogen) atoms. The average Bonchev–Trinajstić information content (AvgIpc) is 3.22. The van der Waals surface area contributed by atoms with Crippen LogP contribution in [0.5, 0.6) is 5.75 Å². The predicted molar refractivity (Wildman–Crippen MR) is 121 cm³/mol. The number of piperazine rings is 1. The zero-order chi connectivity index (χ0) is 20.7. The van der Waals surface area contributed by atoms with Gasteiger partial charge in [-0.3, -0.25) is 9.69 Å². The summed E-state index contributed by atoms with van der Waals surface area (Å²) in [6, 6.07) is 21.6. The van der Waals surface area contributed by atoms with Crippen molar-refractivity contribution in [2.45, 2.75) is 31.8 Å². The summed E-state index contributed by atoms with van der Waals surface area (Å²) in [5, 5.41) is 2.37. The first-order chi connectivity index (χ1) is 14.7. The quantitative estimate of drug-likeness (QED) is 0.640. The Labute approximate surface area is 178 Å². The summed E-state index contributed by atoms with van der Waals surface area (Å²) in [6.07, 6.45) is 2.21. The van der Waals surface area contributed by atoms with Crippen LogP contribution < -0.4 is 9.64 Å². The number of anilines is 1. The third kappa shape index (κ3) is 3.25. The van der Waals surface area contributed by atoms with E-state index < -0.39 is 0 Å². The SMILES string of the molecule is COc1ccc2cccc(N3CCN(C4CCc5ccccc54)C(C(C)=O)C3)c2c1. The zero-order valence-electron chi connectivity index (χ0n) is 17.7. The van der Waals surface area contributed by atoms with Crippen LogP contribution >= 0.6 is 0 Å². The fourth-order valence-electron chi connectivity index (χ4n) is 5.27. The van der Waals surface area contributed by atoms with Gasteiger partial charge < -0.3 is 9.64 Å². The lowest BCUT2D eigenvalue weighted by Crippen LogP contribution is -2.56. The first-order valence-corrected chi connectivity index (χ1v) is 10.8. The molecule has 4 nitrogen and oxygen atoms in total. The minimum atomic E-state index is -0.0872. The van der Waals surface area contributed by atoms with Gasteiger partial charge in [-0.2, -0.15) is 0 Å². The summed E-state index contributed by atoms with van der Waals surface area (Å²) in [7, 11) is 1.70. The van der Waals surface area contributed by atoms with Crippen LogP contribution in [0.15, 0.2) is 60.7 Å². The van der Waals surface area contributed by atoms with Gasteiger partial charge in [0, 0.05) is 36.7 Å². The Balaban J connectivity index is 1.46. The maximum absolute atomic E-state index is 12.7. The van der Waals surface area contributed by atoms with Gasteiger partial charge in [0.25, 0.3) is 0 Å². The maximum Gasteiger partial charge on any atom is 0.148 e. The summed E-state index contributed by atoms with van der Waals surface area (Å²) in [5.41, 5.74) is 4.03. The number of fused-ring (bicyclic) bond motifs is 2. The van der Waals surface area contributed by atoms with Gasteiger partial charge in [-0.05, 0) is 54.5 Å². The van der Waals surface area contributed by atoms with Crippen molar-refractivity contribution in [2.75, 3.05) is 31.6 Å². The minimum Gasteiger partial charge on any atom is -0.497 e. The number of hydrogen-bond acceptors (Lipinski definition) is 4. The number of ether oxygens (including phenoxy) is 1. The van der Waals surface area contributed by atoms with E-state index in [-0.39, 0.29) is 11.8 Å². The highest BCUT2D eigenvalue weighted by atomic mass is 16.5. The largest absolute Gasteiger partial charge is 0.497 e. The highest BCUT2D eigenvalue weighted by Crippen LogP contribution is 2.39. The van der Waals surface area contributed by atoms with Crippen molar-refractivity contribution in [3.8, 4) is 5.75 Å². The fourth-order valence-corrected chi connectivity index (χ4v) is 5.27. The summed E-state index contributed by atoms with van der Waals surface area (Å²) in [4.78, 5) is 17.6. The molecule has 0 radical (unpaired) electrons. The van der Waals surface area contributed by atoms with Crippen LogP contribution in [0.2, 0.25) is 0 Å². The molecule has 1 aliphatic heterocycles. The Kier molecular flexibility index (Phi) is 4.95. The summed E-state index contributed by atoms with van der Waals surface area (Å²) in [5.74, 6) is 1.11. The van der Waals surface area contributed by atoms with E-state index in [4.69, 9.17) is 4.74 Å². The number of rotatable bonds is 4. The molecule has 1 fully saturated rings. The fraction of sp³-hybridized carbons (Fsp3) is 0.346. The summed E-state index contributed by atoms with van der Waals surface area (Å²) in [6.45, 7) is 4.28. The number of benzene rings is 3. The van der Waals surface area contributed by atoms with Crippen molar-refractivity contribution in [1.29, 1.82) is 0 Å². The van der Waals surface area contributed by atoms with Crippen molar-refractivity contribution in [3.05, 3.63) is 71.8 Å². The average molecular weight is 401 g/mol. The van der Waals surface area contributed by atoms with E-state index in [0.29, 0.717) is 6.04 Å². The van der Waals surface area contributed by atoms with Gasteiger partial charge in [0.2, 0.25) is 0 Å². The topological polar surface area (TPSA) is 32.8 Å². The van der Waals surface area contributed by atoms with Crippen molar-refractivity contribution in [3.63, 3.8) is 0 Å². The van der Waals surface area contributed by atoms with Gasteiger partial charge >= 0.3 is 0 Å². The number of Topliss-reactive ketones (excluding diaryl/α,β-unsaturated/α-hetero) is 1. The molecule has 3 aromatic rings. The molecule has 0 spiro atoms. The molecule has 2 aliphatic rings. The van der Waals surface area contributed by atoms with Crippen molar-refractivity contribution >= 4 is 22.2 Å². The van der Waals surface area contributed by atoms with Crippen LogP contribution in [0.3, 0.4) is 0 Å². The number of methoxy groups -OCH3 is 1. The van der Waals surface area contributed by atoms with Crippen LogP contribution in [-0.4, -0.2) is 43.5 Å². The van der Waals surface area contributed by atoms with E-state index in [0.717, 1.165) is 38.2 Å². The molecule has 154 valence electrons. The number of aryl methyl sites for hydroxylation is 1. The highest BCUT2D eigenvalue weighted by molar-refractivity contribution is 5.95. The number of carbonyl (C=O) groups is 1. The van der Waals surface area contributed by atoms with E-state index in [1.165, 1.54) is 27.6 Å². The van der Waals surface area contributed by atoms with Crippen LogP contribution in [0, 0.1) is 0 Å².